The van der Waals surface area contributed by atoms with Crippen LogP contribution >= 0.6 is 19.8 Å². The lowest BCUT2D eigenvalue weighted by Crippen LogP contribution is -2.27. The van der Waals surface area contributed by atoms with Gasteiger partial charge in [0.1, 0.15) is 18.2 Å². The molecule has 0 fully saturated rings. The van der Waals surface area contributed by atoms with Crippen LogP contribution in [-0.4, -0.2) is 60.0 Å². The summed E-state index contributed by atoms with van der Waals surface area (Å²) < 4.78 is 22.2. The average molecular weight is 420 g/mol. The zero-order valence-corrected chi connectivity index (χ0v) is 16.9. The maximum absolute atomic E-state index is 10.6. The number of nitrogens with zero attached hydrogens (tertiary/aromatic N) is 4. The van der Waals surface area contributed by atoms with E-state index in [-0.39, 0.29) is 18.5 Å². The van der Waals surface area contributed by atoms with E-state index >= 15 is 0 Å². The summed E-state index contributed by atoms with van der Waals surface area (Å²) in [7, 11) is -4.12. The van der Waals surface area contributed by atoms with Crippen LogP contribution in [0.25, 0.3) is 11.2 Å². The highest BCUT2D eigenvalue weighted by Gasteiger charge is 2.13. The lowest BCUT2D eigenvalue weighted by atomic mass is 10.4. The van der Waals surface area contributed by atoms with Crippen molar-refractivity contribution in [2.75, 3.05) is 25.3 Å². The zero-order chi connectivity index (χ0) is 20.4. The Morgan fingerprint density at radius 2 is 2.07 bits per heavy atom. The first-order chi connectivity index (χ1) is 12.7. The smallest absolute Gasteiger partial charge is 0.350 e. The molecule has 2 rings (SSSR count). The van der Waals surface area contributed by atoms with Gasteiger partial charge < -0.3 is 35.3 Å². The van der Waals surface area contributed by atoms with E-state index in [1.165, 1.54) is 12.7 Å². The van der Waals surface area contributed by atoms with Crippen molar-refractivity contribution in [3.63, 3.8) is 0 Å². The van der Waals surface area contributed by atoms with Crippen LogP contribution in [0.5, 0.6) is 0 Å². The number of anilines is 1. The number of ether oxygens (including phenoxy) is 2. The topological polar surface area (TPSA) is 172 Å². The fourth-order valence-corrected chi connectivity index (χ4v) is 2.19. The summed E-state index contributed by atoms with van der Waals surface area (Å²) in [4.78, 5) is 29.1. The molecule has 152 valence electrons. The Balaban J connectivity index is 0.000000345. The Morgan fingerprint density at radius 3 is 2.67 bits per heavy atom. The second-order valence-electron chi connectivity index (χ2n) is 5.53. The van der Waals surface area contributed by atoms with Gasteiger partial charge >= 0.3 is 7.60 Å². The first kappa shape index (κ1) is 23.3. The van der Waals surface area contributed by atoms with Gasteiger partial charge in [0.2, 0.25) is 0 Å². The van der Waals surface area contributed by atoms with E-state index in [1.54, 1.807) is 4.57 Å². The first-order valence-electron chi connectivity index (χ1n) is 8.11. The lowest BCUT2D eigenvalue weighted by Gasteiger charge is -2.07. The van der Waals surface area contributed by atoms with Gasteiger partial charge in [-0.2, -0.15) is 0 Å². The molecule has 0 bridgehead atoms. The van der Waals surface area contributed by atoms with Crippen molar-refractivity contribution >= 4 is 41.8 Å². The third kappa shape index (κ3) is 8.69. The summed E-state index contributed by atoms with van der Waals surface area (Å²) in [5.41, 5.74) is 12.1. The van der Waals surface area contributed by atoms with Crippen molar-refractivity contribution in [2.45, 2.75) is 32.9 Å². The molecule has 0 saturated heterocycles. The van der Waals surface area contributed by atoms with Crippen molar-refractivity contribution in [1.82, 2.24) is 19.5 Å². The second kappa shape index (κ2) is 11.2. The summed E-state index contributed by atoms with van der Waals surface area (Å²) >= 11 is 4.80. The summed E-state index contributed by atoms with van der Waals surface area (Å²) in [6.45, 7) is 5.04. The van der Waals surface area contributed by atoms with E-state index < -0.39 is 13.9 Å². The number of hydrogen-bond acceptors (Lipinski definition) is 9. The van der Waals surface area contributed by atoms with E-state index in [1.807, 2.05) is 13.8 Å². The van der Waals surface area contributed by atoms with Crippen molar-refractivity contribution < 1.29 is 23.8 Å². The fraction of sp³-hybridized carbons (Fsp3) is 0.571. The monoisotopic (exact) mass is 420 g/mol. The second-order valence-corrected chi connectivity index (χ2v) is 7.52. The molecule has 2 heterocycles. The van der Waals surface area contributed by atoms with Crippen LogP contribution in [0.1, 0.15) is 20.3 Å². The molecule has 1 atom stereocenters. The standard InChI is InChI=1S/C8H12N5O4P.C6H13NOS/c9-7-6-8(11-3-10-7)13(4-12-6)1-2-17-5-18(14,15)16;1-3-4-8-6(9)5(2)7/h3-4H,1-2,5H2,(H2,9,10,11)(H2,14,15,16);5H,3-4,7H2,1-2H3. The summed E-state index contributed by atoms with van der Waals surface area (Å²) in [6.07, 6.45) is 3.23. The van der Waals surface area contributed by atoms with Gasteiger partial charge in [0.25, 0.3) is 0 Å². The molecule has 0 aromatic carbocycles. The van der Waals surface area contributed by atoms with Gasteiger partial charge in [0.05, 0.1) is 25.6 Å². The first-order valence-corrected chi connectivity index (χ1v) is 10.3. The molecule has 13 heteroatoms. The van der Waals surface area contributed by atoms with Crippen molar-refractivity contribution in [2.24, 2.45) is 5.73 Å². The number of rotatable bonds is 8. The molecule has 6 N–H and O–H groups in total. The lowest BCUT2D eigenvalue weighted by molar-refractivity contribution is 0.149. The minimum absolute atomic E-state index is 0.119. The van der Waals surface area contributed by atoms with Gasteiger partial charge in [-0.05, 0) is 25.6 Å². The Bertz CT molecular complexity index is 780. The molecule has 27 heavy (non-hydrogen) atoms. The molecule has 1 unspecified atom stereocenters. The SMILES string of the molecule is CCCOC(=S)C(C)N.Nc1ncnc2c1ncn2CCOCP(=O)(O)O. The van der Waals surface area contributed by atoms with Crippen molar-refractivity contribution in [3.05, 3.63) is 12.7 Å². The third-order valence-corrected chi connectivity index (χ3v) is 3.99. The number of fused-ring (bicyclic) bond motifs is 1. The van der Waals surface area contributed by atoms with E-state index in [0.717, 1.165) is 6.42 Å². The molecule has 0 spiro atoms. The van der Waals surface area contributed by atoms with Gasteiger partial charge in [-0.1, -0.05) is 6.92 Å². The van der Waals surface area contributed by atoms with E-state index in [4.69, 9.17) is 42.9 Å². The van der Waals surface area contributed by atoms with Crippen LogP contribution in [0.3, 0.4) is 0 Å². The Kier molecular flexibility index (Phi) is 9.70. The zero-order valence-electron chi connectivity index (χ0n) is 15.2. The fourth-order valence-electron chi connectivity index (χ4n) is 1.74. The maximum atomic E-state index is 10.6. The molecular formula is C14H25N6O5PS. The van der Waals surface area contributed by atoms with Crippen LogP contribution in [0, 0.1) is 0 Å². The Labute approximate surface area is 162 Å². The molecule has 11 nitrogen and oxygen atoms in total. The van der Waals surface area contributed by atoms with Gasteiger partial charge in [-0.3, -0.25) is 4.57 Å². The molecule has 0 amide bonds. The van der Waals surface area contributed by atoms with E-state index in [0.29, 0.717) is 29.4 Å². The van der Waals surface area contributed by atoms with Crippen LogP contribution < -0.4 is 11.5 Å². The van der Waals surface area contributed by atoms with Crippen LogP contribution in [-0.2, 0) is 20.6 Å². The minimum Gasteiger partial charge on any atom is -0.485 e. The highest BCUT2D eigenvalue weighted by Crippen LogP contribution is 2.33. The van der Waals surface area contributed by atoms with Crippen LogP contribution in [0.4, 0.5) is 5.82 Å². The Morgan fingerprint density at radius 1 is 1.37 bits per heavy atom. The van der Waals surface area contributed by atoms with Gasteiger partial charge in [-0.25, -0.2) is 15.0 Å². The predicted octanol–water partition coefficient (Wildman–Crippen LogP) is 0.648. The summed E-state index contributed by atoms with van der Waals surface area (Å²) in [5.74, 6) is 0.287. The maximum Gasteiger partial charge on any atom is 0.350 e. The number of thiocarbonyl (C=S) groups is 1. The normalized spacial score (nSPS) is 12.3. The quantitative estimate of drug-likeness (QED) is 0.268. The minimum atomic E-state index is -4.12. The Hall–Kier alpha value is -1.69. The molecule has 0 aliphatic carbocycles. The summed E-state index contributed by atoms with van der Waals surface area (Å²) in [6, 6.07) is -0.119. The molecule has 0 saturated carbocycles. The number of nitrogens with two attached hydrogens (primary N) is 2. The van der Waals surface area contributed by atoms with Gasteiger partial charge in [0.15, 0.2) is 16.5 Å². The molecule has 2 aromatic rings. The summed E-state index contributed by atoms with van der Waals surface area (Å²) in [5, 5.41) is 0.511. The van der Waals surface area contributed by atoms with Crippen molar-refractivity contribution in [3.8, 4) is 0 Å². The average Bonchev–Trinajstić information content (AvgIpc) is 3.01. The predicted molar refractivity (Wildman–Crippen MR) is 105 cm³/mol. The van der Waals surface area contributed by atoms with Gasteiger partial charge in [0, 0.05) is 6.54 Å². The molecule has 0 aliphatic heterocycles. The van der Waals surface area contributed by atoms with Crippen LogP contribution in [0.15, 0.2) is 12.7 Å². The highest BCUT2D eigenvalue weighted by molar-refractivity contribution is 7.80. The van der Waals surface area contributed by atoms with Crippen molar-refractivity contribution in [1.29, 1.82) is 0 Å². The molecule has 2 aromatic heterocycles. The van der Waals surface area contributed by atoms with E-state index in [9.17, 15) is 4.57 Å². The van der Waals surface area contributed by atoms with Crippen LogP contribution in [0.2, 0.25) is 0 Å². The largest absolute Gasteiger partial charge is 0.485 e. The number of imidazole rings is 1. The van der Waals surface area contributed by atoms with E-state index in [2.05, 4.69) is 15.0 Å². The number of nitrogen functional groups attached to an aromatic ring is 1. The molecule has 0 radical (unpaired) electrons. The number of aromatic nitrogens is 4. The third-order valence-electron chi connectivity index (χ3n) is 2.99. The van der Waals surface area contributed by atoms with Gasteiger partial charge in [-0.15, -0.1) is 0 Å². The number of hydrogen-bond donors (Lipinski definition) is 4. The molecular weight excluding hydrogens is 395 g/mol. The molecule has 0 aliphatic rings. The highest BCUT2D eigenvalue weighted by atomic mass is 32.1.